The topological polar surface area (TPSA) is 51.2 Å². The van der Waals surface area contributed by atoms with E-state index in [4.69, 9.17) is 4.74 Å². The highest BCUT2D eigenvalue weighted by Gasteiger charge is 2.29. The maximum absolute atomic E-state index is 11.7. The Bertz CT molecular complexity index is 594. The number of aromatic nitrogens is 1. The molecular formula is C16H16N2O2. The first-order valence-electron chi connectivity index (χ1n) is 6.75. The van der Waals surface area contributed by atoms with Crippen LogP contribution in [0.25, 0.3) is 0 Å². The number of benzene rings is 1. The molecular weight excluding hydrogens is 252 g/mol. The third-order valence-electron chi connectivity index (χ3n) is 3.18. The molecule has 1 aromatic carbocycles. The van der Waals surface area contributed by atoms with Gasteiger partial charge in [-0.25, -0.2) is 4.98 Å². The van der Waals surface area contributed by atoms with Gasteiger partial charge in [0.15, 0.2) is 0 Å². The van der Waals surface area contributed by atoms with Crippen LogP contribution in [0.15, 0.2) is 48.7 Å². The molecule has 0 atom stereocenters. The Balaban J connectivity index is 1.60. The van der Waals surface area contributed by atoms with Gasteiger partial charge >= 0.3 is 0 Å². The van der Waals surface area contributed by atoms with Gasteiger partial charge in [-0.3, -0.25) is 4.79 Å². The molecule has 1 N–H and O–H groups in total. The van der Waals surface area contributed by atoms with Crippen LogP contribution >= 0.6 is 0 Å². The minimum Gasteiger partial charge on any atom is -0.489 e. The predicted octanol–water partition coefficient (Wildman–Crippen LogP) is 3.01. The van der Waals surface area contributed by atoms with E-state index in [1.807, 2.05) is 30.3 Å². The molecule has 1 amide bonds. The van der Waals surface area contributed by atoms with Crippen molar-refractivity contribution in [2.75, 3.05) is 5.32 Å². The number of nitrogens with one attached hydrogen (secondary N) is 1. The smallest absolute Gasteiger partial charge is 0.228 e. The van der Waals surface area contributed by atoms with Crippen molar-refractivity contribution in [1.29, 1.82) is 0 Å². The number of amides is 1. The van der Waals surface area contributed by atoms with Crippen LogP contribution in [-0.2, 0) is 11.4 Å². The van der Waals surface area contributed by atoms with Crippen LogP contribution in [0, 0.1) is 5.92 Å². The zero-order valence-electron chi connectivity index (χ0n) is 11.1. The minimum absolute atomic E-state index is 0.0534. The predicted molar refractivity (Wildman–Crippen MR) is 76.4 cm³/mol. The molecule has 1 aromatic heterocycles. The van der Waals surface area contributed by atoms with E-state index in [1.54, 1.807) is 18.3 Å². The summed E-state index contributed by atoms with van der Waals surface area (Å²) in [6.45, 7) is 0.501. The Morgan fingerprint density at radius 3 is 2.80 bits per heavy atom. The van der Waals surface area contributed by atoms with Crippen molar-refractivity contribution < 1.29 is 9.53 Å². The highest BCUT2D eigenvalue weighted by molar-refractivity contribution is 5.93. The van der Waals surface area contributed by atoms with Crippen molar-refractivity contribution >= 4 is 11.7 Å². The van der Waals surface area contributed by atoms with Crippen LogP contribution in [0.3, 0.4) is 0 Å². The standard InChI is InChI=1S/C16H16N2O2/c19-16(13-6-7-13)18-15-10-14(8-9-17-15)20-11-12-4-2-1-3-5-12/h1-5,8-10,13H,6-7,11H2,(H,17,18,19). The van der Waals surface area contributed by atoms with Gasteiger partial charge in [-0.2, -0.15) is 0 Å². The summed E-state index contributed by atoms with van der Waals surface area (Å²) in [6.07, 6.45) is 3.61. The monoisotopic (exact) mass is 268 g/mol. The molecule has 0 unspecified atom stereocenters. The zero-order valence-corrected chi connectivity index (χ0v) is 11.1. The Morgan fingerprint density at radius 1 is 1.25 bits per heavy atom. The van der Waals surface area contributed by atoms with E-state index in [9.17, 15) is 4.79 Å². The molecule has 1 saturated carbocycles. The van der Waals surface area contributed by atoms with Crippen molar-refractivity contribution in [3.05, 3.63) is 54.2 Å². The zero-order chi connectivity index (χ0) is 13.8. The molecule has 0 bridgehead atoms. The van der Waals surface area contributed by atoms with Crippen molar-refractivity contribution in [2.24, 2.45) is 5.92 Å². The van der Waals surface area contributed by atoms with Gasteiger partial charge in [-0.15, -0.1) is 0 Å². The summed E-state index contributed by atoms with van der Waals surface area (Å²) in [7, 11) is 0. The van der Waals surface area contributed by atoms with E-state index in [-0.39, 0.29) is 11.8 Å². The molecule has 1 heterocycles. The number of carbonyl (C=O) groups excluding carboxylic acids is 1. The Labute approximate surface area is 117 Å². The fraction of sp³-hybridized carbons (Fsp3) is 0.250. The molecule has 4 nitrogen and oxygen atoms in total. The molecule has 0 radical (unpaired) electrons. The van der Waals surface area contributed by atoms with Gasteiger partial charge < -0.3 is 10.1 Å². The minimum atomic E-state index is 0.0534. The molecule has 1 aliphatic carbocycles. The number of nitrogens with zero attached hydrogens (tertiary/aromatic N) is 1. The summed E-state index contributed by atoms with van der Waals surface area (Å²) >= 11 is 0. The average Bonchev–Trinajstić information content (AvgIpc) is 3.31. The Kier molecular flexibility index (Phi) is 3.63. The number of hydrogen-bond donors (Lipinski definition) is 1. The van der Waals surface area contributed by atoms with Crippen molar-refractivity contribution in [3.63, 3.8) is 0 Å². The lowest BCUT2D eigenvalue weighted by Crippen LogP contribution is -2.14. The van der Waals surface area contributed by atoms with Crippen molar-refractivity contribution in [3.8, 4) is 5.75 Å². The van der Waals surface area contributed by atoms with Crippen LogP contribution < -0.4 is 10.1 Å². The lowest BCUT2D eigenvalue weighted by molar-refractivity contribution is -0.117. The van der Waals surface area contributed by atoms with Gasteiger partial charge in [-0.05, 0) is 24.5 Å². The van der Waals surface area contributed by atoms with Crippen molar-refractivity contribution in [2.45, 2.75) is 19.4 Å². The van der Waals surface area contributed by atoms with Crippen molar-refractivity contribution in [1.82, 2.24) is 4.98 Å². The molecule has 0 aliphatic heterocycles. The SMILES string of the molecule is O=C(Nc1cc(OCc2ccccc2)ccn1)C1CC1. The number of ether oxygens (including phenoxy) is 1. The second-order valence-corrected chi connectivity index (χ2v) is 4.91. The summed E-state index contributed by atoms with van der Waals surface area (Å²) < 4.78 is 5.70. The molecule has 20 heavy (non-hydrogen) atoms. The second-order valence-electron chi connectivity index (χ2n) is 4.91. The molecule has 1 fully saturated rings. The first-order chi connectivity index (χ1) is 9.81. The summed E-state index contributed by atoms with van der Waals surface area (Å²) in [5.41, 5.74) is 1.10. The average molecular weight is 268 g/mol. The number of pyridine rings is 1. The fourth-order valence-electron chi connectivity index (χ4n) is 1.88. The van der Waals surface area contributed by atoms with Gasteiger partial charge in [0.1, 0.15) is 18.2 Å². The first kappa shape index (κ1) is 12.7. The molecule has 2 aromatic rings. The van der Waals surface area contributed by atoms with E-state index in [0.717, 1.165) is 18.4 Å². The number of anilines is 1. The quantitative estimate of drug-likeness (QED) is 0.907. The van der Waals surface area contributed by atoms with Crippen LogP contribution in [0.4, 0.5) is 5.82 Å². The van der Waals surface area contributed by atoms with Crippen LogP contribution in [0.1, 0.15) is 18.4 Å². The number of carbonyl (C=O) groups is 1. The first-order valence-corrected chi connectivity index (χ1v) is 6.75. The van der Waals surface area contributed by atoms with E-state index >= 15 is 0 Å². The molecule has 3 rings (SSSR count). The Hall–Kier alpha value is -2.36. The van der Waals surface area contributed by atoms with E-state index in [2.05, 4.69) is 10.3 Å². The van der Waals surface area contributed by atoms with Crippen LogP contribution in [0.2, 0.25) is 0 Å². The van der Waals surface area contributed by atoms with Gasteiger partial charge in [0.25, 0.3) is 0 Å². The molecule has 4 heteroatoms. The highest BCUT2D eigenvalue weighted by atomic mass is 16.5. The number of hydrogen-bond acceptors (Lipinski definition) is 3. The van der Waals surface area contributed by atoms with E-state index in [0.29, 0.717) is 18.2 Å². The highest BCUT2D eigenvalue weighted by Crippen LogP contribution is 2.30. The summed E-state index contributed by atoms with van der Waals surface area (Å²) in [6, 6.07) is 13.5. The summed E-state index contributed by atoms with van der Waals surface area (Å²) in [5.74, 6) is 1.48. The maximum atomic E-state index is 11.7. The lowest BCUT2D eigenvalue weighted by atomic mass is 10.2. The van der Waals surface area contributed by atoms with Crippen LogP contribution in [-0.4, -0.2) is 10.9 Å². The molecule has 102 valence electrons. The summed E-state index contributed by atoms with van der Waals surface area (Å²) in [4.78, 5) is 15.8. The molecule has 1 aliphatic rings. The van der Waals surface area contributed by atoms with E-state index in [1.165, 1.54) is 0 Å². The van der Waals surface area contributed by atoms with Gasteiger partial charge in [0.2, 0.25) is 5.91 Å². The van der Waals surface area contributed by atoms with Gasteiger partial charge in [-0.1, -0.05) is 30.3 Å². The Morgan fingerprint density at radius 2 is 2.05 bits per heavy atom. The molecule has 0 spiro atoms. The fourth-order valence-corrected chi connectivity index (χ4v) is 1.88. The van der Waals surface area contributed by atoms with Gasteiger partial charge in [0.05, 0.1) is 0 Å². The lowest BCUT2D eigenvalue weighted by Gasteiger charge is -2.08. The maximum Gasteiger partial charge on any atom is 0.228 e. The third-order valence-corrected chi connectivity index (χ3v) is 3.18. The normalized spacial score (nSPS) is 13.8. The van der Waals surface area contributed by atoms with Gasteiger partial charge in [0, 0.05) is 18.2 Å². The third kappa shape index (κ3) is 3.35. The largest absolute Gasteiger partial charge is 0.489 e. The summed E-state index contributed by atoms with van der Waals surface area (Å²) in [5, 5.41) is 2.81. The van der Waals surface area contributed by atoms with E-state index < -0.39 is 0 Å². The molecule has 0 saturated heterocycles. The number of rotatable bonds is 5. The van der Waals surface area contributed by atoms with Crippen LogP contribution in [0.5, 0.6) is 5.75 Å². The second kappa shape index (κ2) is 5.74.